The Balaban J connectivity index is 4.01. The van der Waals surface area contributed by atoms with Gasteiger partial charge < -0.3 is 24.1 Å². The quantitative estimate of drug-likeness (QED) is 0.468. The molecule has 0 radical (unpaired) electrons. The second-order valence-electron chi connectivity index (χ2n) is 6.05. The molecule has 0 bridgehead atoms. The molecule has 0 rings (SSSR count). The first-order valence-electron chi connectivity index (χ1n) is 8.57. The van der Waals surface area contributed by atoms with Crippen LogP contribution in [0, 0.1) is 0 Å². The minimum Gasteiger partial charge on any atom is -0.439 e. The maximum Gasteiger partial charge on any atom is 0.376 e. The Hall–Kier alpha value is -0.00519. The van der Waals surface area contributed by atoms with E-state index >= 15 is 0 Å². The lowest BCUT2D eigenvalue weighted by Gasteiger charge is -2.23. The number of rotatable bonds is 15. The lowest BCUT2D eigenvalue weighted by molar-refractivity contribution is 0.273. The van der Waals surface area contributed by atoms with Crippen LogP contribution in [0.2, 0.25) is 33.1 Å². The fraction of sp³-hybridized carbons (Fsp3) is 1.00. The van der Waals surface area contributed by atoms with Crippen LogP contribution in [0.4, 0.5) is 0 Å². The third-order valence-corrected chi connectivity index (χ3v) is 4.19. The van der Waals surface area contributed by atoms with Gasteiger partial charge in [0.15, 0.2) is 0 Å². The predicted molar refractivity (Wildman–Crippen MR) is 99.2 cm³/mol. The Bertz CT molecular complexity index is 215. The van der Waals surface area contributed by atoms with E-state index in [0.717, 1.165) is 38.8 Å². The van der Waals surface area contributed by atoms with Gasteiger partial charge in [-0.1, -0.05) is 13.6 Å². The Morgan fingerprint density at radius 2 is 1.27 bits per heavy atom. The van der Waals surface area contributed by atoms with Crippen molar-refractivity contribution >= 4 is 20.9 Å². The van der Waals surface area contributed by atoms with Crippen molar-refractivity contribution in [2.24, 2.45) is 0 Å². The lowest BCUT2D eigenvalue weighted by atomic mass is 9.66. The average Bonchev–Trinajstić information content (AvgIpc) is 2.53. The van der Waals surface area contributed by atoms with E-state index in [-0.39, 0.29) is 7.05 Å². The van der Waals surface area contributed by atoms with E-state index in [1.165, 1.54) is 12.8 Å². The summed E-state index contributed by atoms with van der Waals surface area (Å²) in [5.74, 6) is 0. The molecular weight excluding hydrogens is 277 g/mol. The zero-order chi connectivity index (χ0) is 16.8. The normalized spacial score (nSPS) is 11.0. The molecule has 0 amide bonds. The van der Waals surface area contributed by atoms with Gasteiger partial charge in [-0.15, -0.1) is 0 Å². The van der Waals surface area contributed by atoms with Gasteiger partial charge in [0.25, 0.3) is 13.8 Å². The minimum atomic E-state index is 0.115. The average molecular weight is 312 g/mol. The van der Waals surface area contributed by atoms with E-state index in [1.807, 2.05) is 6.82 Å². The Morgan fingerprint density at radius 1 is 0.773 bits per heavy atom. The van der Waals surface area contributed by atoms with Gasteiger partial charge in [-0.2, -0.15) is 0 Å². The molecule has 0 atom stereocenters. The van der Waals surface area contributed by atoms with Crippen molar-refractivity contribution in [2.45, 2.75) is 46.0 Å². The highest BCUT2D eigenvalue weighted by Gasteiger charge is 2.12. The minimum absolute atomic E-state index is 0.115. The molecule has 128 valence electrons. The molecule has 0 aromatic heterocycles. The largest absolute Gasteiger partial charge is 0.439 e. The van der Waals surface area contributed by atoms with E-state index in [4.69, 9.17) is 14.0 Å². The molecule has 22 heavy (non-hydrogen) atoms. The molecule has 0 saturated carbocycles. The highest BCUT2D eigenvalue weighted by Crippen LogP contribution is 2.05. The molecule has 8 heteroatoms. The second-order valence-corrected chi connectivity index (χ2v) is 6.05. The zero-order valence-electron chi connectivity index (χ0n) is 15.6. The van der Waals surface area contributed by atoms with Gasteiger partial charge in [-0.05, 0) is 51.9 Å². The molecule has 0 spiro atoms. The molecular formula is C14H35B3N2O3. The van der Waals surface area contributed by atoms with Gasteiger partial charge in [0, 0.05) is 27.9 Å². The van der Waals surface area contributed by atoms with Crippen LogP contribution in [0.1, 0.15) is 12.8 Å². The molecule has 0 heterocycles. The molecule has 5 nitrogen and oxygen atoms in total. The Labute approximate surface area is 139 Å². The van der Waals surface area contributed by atoms with E-state index in [0.29, 0.717) is 13.8 Å². The van der Waals surface area contributed by atoms with Crippen LogP contribution < -0.4 is 5.23 Å². The molecule has 0 aliphatic rings. The van der Waals surface area contributed by atoms with Gasteiger partial charge in [0.05, 0.1) is 0 Å². The number of hydrogen-bond acceptors (Lipinski definition) is 5. The van der Waals surface area contributed by atoms with E-state index < -0.39 is 0 Å². The van der Waals surface area contributed by atoms with Crippen molar-refractivity contribution in [3.05, 3.63) is 0 Å². The van der Waals surface area contributed by atoms with Crippen molar-refractivity contribution in [1.29, 1.82) is 0 Å². The summed E-state index contributed by atoms with van der Waals surface area (Å²) < 4.78 is 15.9. The first-order chi connectivity index (χ1) is 10.5. The van der Waals surface area contributed by atoms with Crippen LogP contribution >= 0.6 is 0 Å². The second kappa shape index (κ2) is 14.6. The van der Waals surface area contributed by atoms with Gasteiger partial charge in [-0.3, -0.25) is 0 Å². The smallest absolute Gasteiger partial charge is 0.376 e. The van der Waals surface area contributed by atoms with Crippen molar-refractivity contribution in [3.8, 4) is 0 Å². The van der Waals surface area contributed by atoms with E-state index in [1.54, 1.807) is 21.3 Å². The molecule has 0 aromatic rings. The fourth-order valence-corrected chi connectivity index (χ4v) is 2.29. The summed E-state index contributed by atoms with van der Waals surface area (Å²) >= 11 is 0. The summed E-state index contributed by atoms with van der Waals surface area (Å²) in [6.45, 7) is 11.2. The molecule has 0 saturated heterocycles. The standard InChI is InChI=1S/C14H35B3N2O3/c1-15(20-4)9-7-12-19(13-8-10-16(2)21-5)14-11-18-17(3)22-6/h18H,7-14H2,1-6H3. The first-order valence-corrected chi connectivity index (χ1v) is 8.57. The molecule has 0 aromatic carbocycles. The summed E-state index contributed by atoms with van der Waals surface area (Å²) in [7, 11) is 5.41. The van der Waals surface area contributed by atoms with Crippen LogP contribution in [-0.4, -0.2) is 73.3 Å². The Morgan fingerprint density at radius 3 is 1.68 bits per heavy atom. The number of hydrogen-bond donors (Lipinski definition) is 1. The first kappa shape index (κ1) is 22.0. The molecule has 0 aliphatic carbocycles. The topological polar surface area (TPSA) is 43.0 Å². The predicted octanol–water partition coefficient (Wildman–Crippen LogP) is 1.96. The highest BCUT2D eigenvalue weighted by molar-refractivity contribution is 6.50. The SMILES string of the molecule is COB(C)CCCN(CCCB(C)OC)CCNB(C)OC. The molecule has 0 unspecified atom stereocenters. The maximum atomic E-state index is 5.32. The third kappa shape index (κ3) is 12.5. The summed E-state index contributed by atoms with van der Waals surface area (Å²) in [6.07, 6.45) is 4.58. The van der Waals surface area contributed by atoms with Crippen molar-refractivity contribution in [1.82, 2.24) is 10.1 Å². The molecule has 0 aliphatic heterocycles. The number of nitrogens with one attached hydrogen (secondary N) is 1. The van der Waals surface area contributed by atoms with Gasteiger partial charge in [0.1, 0.15) is 0 Å². The van der Waals surface area contributed by atoms with Crippen LogP contribution in [0.15, 0.2) is 0 Å². The molecule has 1 N–H and O–H groups in total. The summed E-state index contributed by atoms with van der Waals surface area (Å²) in [5.41, 5.74) is 0. The fourth-order valence-electron chi connectivity index (χ4n) is 2.29. The zero-order valence-corrected chi connectivity index (χ0v) is 15.6. The highest BCUT2D eigenvalue weighted by atomic mass is 16.4. The van der Waals surface area contributed by atoms with Crippen molar-refractivity contribution in [2.75, 3.05) is 47.5 Å². The lowest BCUT2D eigenvalue weighted by Crippen LogP contribution is -2.40. The van der Waals surface area contributed by atoms with E-state index in [2.05, 4.69) is 23.8 Å². The van der Waals surface area contributed by atoms with Gasteiger partial charge in [-0.25, -0.2) is 0 Å². The maximum absolute atomic E-state index is 5.32. The van der Waals surface area contributed by atoms with Crippen LogP contribution in [0.25, 0.3) is 0 Å². The van der Waals surface area contributed by atoms with Crippen LogP contribution in [-0.2, 0) is 14.0 Å². The summed E-state index contributed by atoms with van der Waals surface area (Å²) in [5, 5.41) is 3.37. The summed E-state index contributed by atoms with van der Waals surface area (Å²) in [6, 6.07) is 0. The third-order valence-electron chi connectivity index (χ3n) is 4.19. The van der Waals surface area contributed by atoms with Gasteiger partial charge >= 0.3 is 7.05 Å². The molecule has 0 fully saturated rings. The van der Waals surface area contributed by atoms with Crippen LogP contribution in [0.3, 0.4) is 0 Å². The van der Waals surface area contributed by atoms with Crippen molar-refractivity contribution in [3.63, 3.8) is 0 Å². The van der Waals surface area contributed by atoms with Crippen molar-refractivity contribution < 1.29 is 14.0 Å². The van der Waals surface area contributed by atoms with Gasteiger partial charge in [0.2, 0.25) is 0 Å². The Kier molecular flexibility index (Phi) is 14.6. The summed E-state index contributed by atoms with van der Waals surface area (Å²) in [4.78, 5) is 2.53. The monoisotopic (exact) mass is 312 g/mol. The van der Waals surface area contributed by atoms with Crippen LogP contribution in [0.5, 0.6) is 0 Å². The number of nitrogens with zero attached hydrogens (tertiary/aromatic N) is 1. The van der Waals surface area contributed by atoms with E-state index in [9.17, 15) is 0 Å².